The third-order valence-electron chi connectivity index (χ3n) is 5.24. The zero-order chi connectivity index (χ0) is 20.5. The van der Waals surface area contributed by atoms with Crippen LogP contribution in [-0.2, 0) is 9.53 Å². The smallest absolute Gasteiger partial charge is 0.317 e. The summed E-state index contributed by atoms with van der Waals surface area (Å²) < 4.78 is 5.39. The molecule has 0 radical (unpaired) electrons. The highest BCUT2D eigenvalue weighted by Crippen LogP contribution is 2.27. The van der Waals surface area contributed by atoms with Crippen LogP contribution < -0.4 is 15.5 Å². The number of hydrogen-bond acceptors (Lipinski definition) is 5. The molecule has 0 spiro atoms. The van der Waals surface area contributed by atoms with Crippen LogP contribution in [0, 0.1) is 0 Å². The number of anilines is 1. The fourth-order valence-electron chi connectivity index (χ4n) is 3.58. The van der Waals surface area contributed by atoms with Crippen molar-refractivity contribution in [3.05, 3.63) is 28.2 Å². The number of benzene rings is 1. The number of nitrogens with one attached hydrogen (secondary N) is 2. The molecule has 2 aliphatic heterocycles. The molecule has 3 N–H and O–H groups in total. The quantitative estimate of drug-likeness (QED) is 0.656. The molecule has 1 aromatic rings. The Morgan fingerprint density at radius 2 is 1.89 bits per heavy atom. The molecular formula is C18H24Cl2N4O4. The van der Waals surface area contributed by atoms with E-state index >= 15 is 0 Å². The van der Waals surface area contributed by atoms with Crippen molar-refractivity contribution in [2.45, 2.75) is 31.2 Å². The van der Waals surface area contributed by atoms with E-state index in [1.807, 2.05) is 12.1 Å². The Kier molecular flexibility index (Phi) is 6.24. The van der Waals surface area contributed by atoms with Gasteiger partial charge in [0.05, 0.1) is 5.54 Å². The number of carbonyl (C=O) groups excluding carboxylic acids is 2. The van der Waals surface area contributed by atoms with Crippen molar-refractivity contribution < 1.29 is 19.4 Å². The largest absolute Gasteiger partial charge is 0.372 e. The standard InChI is InChI=1S/C18H24Cl2N4O4/c1-18(16(26)21-17(27)22-18)10-14(28-2)15(25)24-5-3-23(4-6-24)13-8-11(19)7-12(20)9-13/h7-9,14,16,26H,3-6,10H2,1-2H3,(H2,21,22,27). The molecule has 2 saturated heterocycles. The van der Waals surface area contributed by atoms with Crippen molar-refractivity contribution in [2.75, 3.05) is 38.2 Å². The maximum atomic E-state index is 12.9. The molecule has 8 nitrogen and oxygen atoms in total. The van der Waals surface area contributed by atoms with E-state index in [4.69, 9.17) is 27.9 Å². The number of ether oxygens (including phenoxy) is 1. The second-order valence-electron chi connectivity index (χ2n) is 7.29. The number of aliphatic hydroxyl groups is 1. The fourth-order valence-corrected chi connectivity index (χ4v) is 4.09. The normalized spacial score (nSPS) is 26.0. The highest BCUT2D eigenvalue weighted by atomic mass is 35.5. The average molecular weight is 431 g/mol. The molecule has 0 saturated carbocycles. The van der Waals surface area contributed by atoms with E-state index in [1.54, 1.807) is 17.9 Å². The van der Waals surface area contributed by atoms with Crippen molar-refractivity contribution in [1.29, 1.82) is 0 Å². The second-order valence-corrected chi connectivity index (χ2v) is 8.16. The first-order chi connectivity index (χ1) is 13.2. The third kappa shape index (κ3) is 4.46. The zero-order valence-electron chi connectivity index (χ0n) is 15.7. The van der Waals surface area contributed by atoms with E-state index in [0.717, 1.165) is 5.69 Å². The van der Waals surface area contributed by atoms with E-state index in [2.05, 4.69) is 15.5 Å². The topological polar surface area (TPSA) is 94.1 Å². The van der Waals surface area contributed by atoms with Gasteiger partial charge in [0.15, 0.2) is 6.23 Å². The monoisotopic (exact) mass is 430 g/mol. The zero-order valence-corrected chi connectivity index (χ0v) is 17.3. The van der Waals surface area contributed by atoms with Crippen molar-refractivity contribution >= 4 is 40.8 Å². The summed E-state index contributed by atoms with van der Waals surface area (Å²) in [7, 11) is 1.45. The first kappa shape index (κ1) is 21.0. The Hall–Kier alpha value is -1.74. The van der Waals surface area contributed by atoms with Gasteiger partial charge in [0.25, 0.3) is 5.91 Å². The lowest BCUT2D eigenvalue weighted by atomic mass is 9.93. The van der Waals surface area contributed by atoms with Crippen LogP contribution in [0.25, 0.3) is 0 Å². The lowest BCUT2D eigenvalue weighted by Crippen LogP contribution is -2.55. The van der Waals surface area contributed by atoms with Crippen molar-refractivity contribution in [3.8, 4) is 0 Å². The molecule has 2 heterocycles. The van der Waals surface area contributed by atoms with Gasteiger partial charge in [-0.3, -0.25) is 4.79 Å². The van der Waals surface area contributed by atoms with Crippen molar-refractivity contribution in [1.82, 2.24) is 15.5 Å². The number of urea groups is 1. The summed E-state index contributed by atoms with van der Waals surface area (Å²) in [6.07, 6.45) is -1.70. The summed E-state index contributed by atoms with van der Waals surface area (Å²) in [6, 6.07) is 4.91. The number of carbonyl (C=O) groups is 2. The van der Waals surface area contributed by atoms with Gasteiger partial charge < -0.3 is 30.3 Å². The first-order valence-corrected chi connectivity index (χ1v) is 9.77. The summed E-state index contributed by atoms with van der Waals surface area (Å²) in [5, 5.41) is 16.2. The molecule has 3 amide bonds. The van der Waals surface area contributed by atoms with Gasteiger partial charge in [0.1, 0.15) is 6.10 Å². The summed E-state index contributed by atoms with van der Waals surface area (Å²) in [5.41, 5.74) is -0.0597. The van der Waals surface area contributed by atoms with Crippen LogP contribution in [0.1, 0.15) is 13.3 Å². The molecular weight excluding hydrogens is 407 g/mol. The number of methoxy groups -OCH3 is 1. The number of halogens is 2. The average Bonchev–Trinajstić information content (AvgIpc) is 2.90. The number of hydrogen-bond donors (Lipinski definition) is 3. The maximum absolute atomic E-state index is 12.9. The predicted molar refractivity (Wildman–Crippen MR) is 107 cm³/mol. The second kappa shape index (κ2) is 8.32. The Labute approximate surface area is 173 Å². The molecule has 2 aliphatic rings. The predicted octanol–water partition coefficient (Wildman–Crippen LogP) is 1.44. The third-order valence-corrected chi connectivity index (χ3v) is 5.68. The number of amides is 3. The number of rotatable bonds is 5. The SMILES string of the molecule is COC(CC1(C)NC(=O)NC1O)C(=O)N1CCN(c2cc(Cl)cc(Cl)c2)CC1. The Bertz CT molecular complexity index is 737. The lowest BCUT2D eigenvalue weighted by Gasteiger charge is -2.38. The maximum Gasteiger partial charge on any atom is 0.317 e. The van der Waals surface area contributed by atoms with Gasteiger partial charge in [0, 0.05) is 55.4 Å². The molecule has 0 aliphatic carbocycles. The van der Waals surface area contributed by atoms with Gasteiger partial charge >= 0.3 is 6.03 Å². The van der Waals surface area contributed by atoms with Gasteiger partial charge in [-0.1, -0.05) is 23.2 Å². The molecule has 28 heavy (non-hydrogen) atoms. The first-order valence-electron chi connectivity index (χ1n) is 9.01. The van der Waals surface area contributed by atoms with Crippen LogP contribution in [0.15, 0.2) is 18.2 Å². The van der Waals surface area contributed by atoms with Gasteiger partial charge in [-0.25, -0.2) is 4.79 Å². The highest BCUT2D eigenvalue weighted by Gasteiger charge is 2.45. The molecule has 3 rings (SSSR count). The summed E-state index contributed by atoms with van der Waals surface area (Å²) >= 11 is 12.2. The van der Waals surface area contributed by atoms with Crippen LogP contribution >= 0.6 is 23.2 Å². The summed E-state index contributed by atoms with van der Waals surface area (Å²) in [5.74, 6) is -0.166. The van der Waals surface area contributed by atoms with E-state index in [9.17, 15) is 14.7 Å². The molecule has 1 aromatic carbocycles. The van der Waals surface area contributed by atoms with Crippen LogP contribution in [0.2, 0.25) is 10.0 Å². The van der Waals surface area contributed by atoms with E-state index < -0.39 is 23.9 Å². The van der Waals surface area contributed by atoms with Crippen LogP contribution in [-0.4, -0.2) is 73.1 Å². The van der Waals surface area contributed by atoms with E-state index in [0.29, 0.717) is 36.2 Å². The number of aliphatic hydroxyl groups excluding tert-OH is 1. The molecule has 0 bridgehead atoms. The van der Waals surface area contributed by atoms with Gasteiger partial charge in [-0.05, 0) is 25.1 Å². The molecule has 10 heteroatoms. The van der Waals surface area contributed by atoms with Crippen molar-refractivity contribution in [3.63, 3.8) is 0 Å². The number of piperazine rings is 1. The van der Waals surface area contributed by atoms with Crippen LogP contribution in [0.3, 0.4) is 0 Å². The molecule has 2 fully saturated rings. The molecule has 154 valence electrons. The minimum absolute atomic E-state index is 0.159. The van der Waals surface area contributed by atoms with Crippen LogP contribution in [0.5, 0.6) is 0 Å². The highest BCUT2D eigenvalue weighted by molar-refractivity contribution is 6.35. The Morgan fingerprint density at radius 3 is 2.39 bits per heavy atom. The Balaban J connectivity index is 1.61. The lowest BCUT2D eigenvalue weighted by molar-refractivity contribution is -0.144. The minimum atomic E-state index is -1.09. The Morgan fingerprint density at radius 1 is 1.29 bits per heavy atom. The fraction of sp³-hybridized carbons (Fsp3) is 0.556. The minimum Gasteiger partial charge on any atom is -0.372 e. The van der Waals surface area contributed by atoms with Gasteiger partial charge in [0.2, 0.25) is 0 Å². The molecule has 3 unspecified atom stereocenters. The van der Waals surface area contributed by atoms with Gasteiger partial charge in [-0.15, -0.1) is 0 Å². The molecule has 3 atom stereocenters. The molecule has 0 aromatic heterocycles. The summed E-state index contributed by atoms with van der Waals surface area (Å²) in [4.78, 5) is 28.3. The van der Waals surface area contributed by atoms with E-state index in [-0.39, 0.29) is 12.3 Å². The van der Waals surface area contributed by atoms with Crippen molar-refractivity contribution in [2.24, 2.45) is 0 Å². The number of nitrogens with zero attached hydrogens (tertiary/aromatic N) is 2. The summed E-state index contributed by atoms with van der Waals surface area (Å²) in [6.45, 7) is 3.99. The van der Waals surface area contributed by atoms with E-state index in [1.165, 1.54) is 7.11 Å². The van der Waals surface area contributed by atoms with Crippen LogP contribution in [0.4, 0.5) is 10.5 Å². The van der Waals surface area contributed by atoms with Gasteiger partial charge in [-0.2, -0.15) is 0 Å².